The molecule has 142 valence electrons. The van der Waals surface area contributed by atoms with Crippen LogP contribution in [0.5, 0.6) is 17.2 Å². The van der Waals surface area contributed by atoms with Crippen molar-refractivity contribution in [3.05, 3.63) is 28.8 Å². The van der Waals surface area contributed by atoms with Gasteiger partial charge < -0.3 is 18.9 Å². The van der Waals surface area contributed by atoms with Gasteiger partial charge in [-0.3, -0.25) is 4.79 Å². The third kappa shape index (κ3) is 2.19. The van der Waals surface area contributed by atoms with Gasteiger partial charge in [-0.05, 0) is 32.1 Å². The molecule has 5 nitrogen and oxygen atoms in total. The van der Waals surface area contributed by atoms with E-state index in [2.05, 4.69) is 6.92 Å². The molecule has 0 heterocycles. The molecule has 1 fully saturated rings. The van der Waals surface area contributed by atoms with E-state index in [0.29, 0.717) is 5.75 Å². The standard InChI is InChI=1S/C21H28O5/c1-8-9-21(20(22)26-7)13-10-11(2)14-15(16(13)21)17(23-4)12(3)18(24-5)19(14)25-6/h8-9,11,13,16H,10H2,1-7H3/b9-8+/t11-,13-,16-,21+/m1/s1. The first-order valence-corrected chi connectivity index (χ1v) is 8.98. The molecule has 3 rings (SSSR count). The van der Waals surface area contributed by atoms with Crippen molar-refractivity contribution in [1.82, 2.24) is 0 Å². The molecule has 1 aromatic carbocycles. The van der Waals surface area contributed by atoms with Crippen LogP contribution in [-0.4, -0.2) is 34.4 Å². The smallest absolute Gasteiger partial charge is 0.316 e. The lowest BCUT2D eigenvalue weighted by molar-refractivity contribution is -0.145. The Labute approximate surface area is 155 Å². The number of methoxy groups -OCH3 is 4. The van der Waals surface area contributed by atoms with Crippen LogP contribution in [0.2, 0.25) is 0 Å². The lowest BCUT2D eigenvalue weighted by Gasteiger charge is -2.28. The van der Waals surface area contributed by atoms with Crippen LogP contribution in [0, 0.1) is 18.3 Å². The molecule has 0 unspecified atom stereocenters. The molecule has 26 heavy (non-hydrogen) atoms. The number of esters is 1. The van der Waals surface area contributed by atoms with Crippen molar-refractivity contribution in [2.45, 2.75) is 39.0 Å². The van der Waals surface area contributed by atoms with Crippen LogP contribution in [0.3, 0.4) is 0 Å². The van der Waals surface area contributed by atoms with Gasteiger partial charge >= 0.3 is 5.97 Å². The predicted molar refractivity (Wildman–Crippen MR) is 99.4 cm³/mol. The zero-order valence-corrected chi connectivity index (χ0v) is 16.6. The van der Waals surface area contributed by atoms with Crippen LogP contribution in [0.1, 0.15) is 48.8 Å². The highest BCUT2D eigenvalue weighted by atomic mass is 16.5. The molecule has 2 aliphatic carbocycles. The largest absolute Gasteiger partial charge is 0.496 e. The molecular weight excluding hydrogens is 332 g/mol. The first-order valence-electron chi connectivity index (χ1n) is 8.98. The van der Waals surface area contributed by atoms with Crippen LogP contribution >= 0.6 is 0 Å². The van der Waals surface area contributed by atoms with Crippen LogP contribution in [0.4, 0.5) is 0 Å². The zero-order chi connectivity index (χ0) is 19.2. The van der Waals surface area contributed by atoms with Crippen molar-refractivity contribution in [3.63, 3.8) is 0 Å². The second-order valence-corrected chi connectivity index (χ2v) is 7.20. The van der Waals surface area contributed by atoms with Crippen molar-refractivity contribution in [2.24, 2.45) is 11.3 Å². The van der Waals surface area contributed by atoms with Crippen LogP contribution in [0.15, 0.2) is 12.2 Å². The number of hydrogen-bond donors (Lipinski definition) is 0. The number of carbonyl (C=O) groups excluding carboxylic acids is 1. The van der Waals surface area contributed by atoms with Gasteiger partial charge in [-0.1, -0.05) is 19.1 Å². The maximum absolute atomic E-state index is 12.8. The van der Waals surface area contributed by atoms with Gasteiger partial charge in [0.1, 0.15) is 5.75 Å². The summed E-state index contributed by atoms with van der Waals surface area (Å²) in [7, 11) is 6.43. The third-order valence-corrected chi connectivity index (χ3v) is 6.09. The molecule has 0 N–H and O–H groups in total. The minimum Gasteiger partial charge on any atom is -0.496 e. The van der Waals surface area contributed by atoms with E-state index in [1.165, 1.54) is 7.11 Å². The number of ether oxygens (including phenoxy) is 4. The lowest BCUT2D eigenvalue weighted by Crippen LogP contribution is -2.18. The summed E-state index contributed by atoms with van der Waals surface area (Å²) in [6.07, 6.45) is 4.84. The zero-order valence-electron chi connectivity index (χ0n) is 16.6. The highest BCUT2D eigenvalue weighted by Gasteiger charge is 2.72. The monoisotopic (exact) mass is 360 g/mol. The van der Waals surface area contributed by atoms with E-state index in [1.807, 2.05) is 26.0 Å². The molecule has 2 aliphatic rings. The molecule has 5 heteroatoms. The normalized spacial score (nSPS) is 29.0. The van der Waals surface area contributed by atoms with E-state index in [4.69, 9.17) is 18.9 Å². The first-order chi connectivity index (χ1) is 12.4. The molecule has 0 spiro atoms. The predicted octanol–water partition coefficient (Wildman–Crippen LogP) is 3.98. The number of fused-ring (bicyclic) bond motifs is 3. The summed E-state index contributed by atoms with van der Waals surface area (Å²) in [6.45, 7) is 6.07. The van der Waals surface area contributed by atoms with Crippen LogP contribution < -0.4 is 14.2 Å². The van der Waals surface area contributed by atoms with Crippen LogP contribution in [-0.2, 0) is 9.53 Å². The second-order valence-electron chi connectivity index (χ2n) is 7.20. The van der Waals surface area contributed by atoms with Gasteiger partial charge in [-0.15, -0.1) is 0 Å². The highest BCUT2D eigenvalue weighted by molar-refractivity contribution is 5.87. The van der Waals surface area contributed by atoms with Gasteiger partial charge in [0.2, 0.25) is 0 Å². The fourth-order valence-corrected chi connectivity index (χ4v) is 5.13. The molecule has 0 aliphatic heterocycles. The maximum atomic E-state index is 12.8. The Morgan fingerprint density at radius 1 is 1.04 bits per heavy atom. The average molecular weight is 360 g/mol. The van der Waals surface area contributed by atoms with Gasteiger partial charge in [0, 0.05) is 22.6 Å². The summed E-state index contributed by atoms with van der Waals surface area (Å²) < 4.78 is 22.4. The molecule has 0 amide bonds. The van der Waals surface area contributed by atoms with Crippen molar-refractivity contribution < 1.29 is 23.7 Å². The van der Waals surface area contributed by atoms with Gasteiger partial charge in [0.25, 0.3) is 0 Å². The summed E-state index contributed by atoms with van der Waals surface area (Å²) >= 11 is 0. The van der Waals surface area contributed by atoms with Gasteiger partial charge in [-0.2, -0.15) is 0 Å². The van der Waals surface area contributed by atoms with Crippen molar-refractivity contribution in [3.8, 4) is 17.2 Å². The fraction of sp³-hybridized carbons (Fsp3) is 0.571. The molecule has 0 aromatic heterocycles. The summed E-state index contributed by atoms with van der Waals surface area (Å²) in [6, 6.07) is 0. The highest BCUT2D eigenvalue weighted by Crippen LogP contribution is 2.75. The van der Waals surface area contributed by atoms with E-state index in [9.17, 15) is 4.79 Å². The fourth-order valence-electron chi connectivity index (χ4n) is 5.13. The Hall–Kier alpha value is -2.17. The van der Waals surface area contributed by atoms with Gasteiger partial charge in [0.15, 0.2) is 11.5 Å². The Morgan fingerprint density at radius 2 is 1.65 bits per heavy atom. The lowest BCUT2D eigenvalue weighted by atomic mass is 9.81. The molecule has 1 saturated carbocycles. The molecule has 0 saturated heterocycles. The minimum atomic E-state index is -0.623. The van der Waals surface area contributed by atoms with Crippen molar-refractivity contribution >= 4 is 5.97 Å². The van der Waals surface area contributed by atoms with E-state index >= 15 is 0 Å². The van der Waals surface area contributed by atoms with E-state index in [-0.39, 0.29) is 23.7 Å². The molecule has 0 radical (unpaired) electrons. The summed E-state index contributed by atoms with van der Waals surface area (Å²) in [4.78, 5) is 12.8. The number of benzene rings is 1. The first kappa shape index (κ1) is 18.6. The number of rotatable bonds is 5. The topological polar surface area (TPSA) is 54.0 Å². The van der Waals surface area contributed by atoms with Crippen molar-refractivity contribution in [2.75, 3.05) is 28.4 Å². The minimum absolute atomic E-state index is 0.0332. The maximum Gasteiger partial charge on any atom is 0.316 e. The van der Waals surface area contributed by atoms with Crippen molar-refractivity contribution in [1.29, 1.82) is 0 Å². The van der Waals surface area contributed by atoms with Crippen LogP contribution in [0.25, 0.3) is 0 Å². The molecule has 0 bridgehead atoms. The number of allylic oxidation sites excluding steroid dienone is 1. The average Bonchev–Trinajstić information content (AvgIpc) is 3.27. The number of carbonyl (C=O) groups is 1. The summed E-state index contributed by atoms with van der Waals surface area (Å²) in [5.74, 6) is 2.52. The Morgan fingerprint density at radius 3 is 2.15 bits per heavy atom. The quantitative estimate of drug-likeness (QED) is 0.587. The summed E-state index contributed by atoms with van der Waals surface area (Å²) in [5.41, 5.74) is 2.42. The van der Waals surface area contributed by atoms with E-state index in [0.717, 1.165) is 34.6 Å². The second kappa shape index (κ2) is 6.53. The Bertz CT molecular complexity index is 766. The van der Waals surface area contributed by atoms with Gasteiger partial charge in [0.05, 0.1) is 33.9 Å². The third-order valence-electron chi connectivity index (χ3n) is 6.09. The molecular formula is C21H28O5. The van der Waals surface area contributed by atoms with E-state index in [1.54, 1.807) is 21.3 Å². The molecule has 4 atom stereocenters. The Balaban J connectivity index is 2.32. The number of hydrogen-bond acceptors (Lipinski definition) is 5. The summed E-state index contributed by atoms with van der Waals surface area (Å²) in [5, 5.41) is 0. The molecule has 1 aromatic rings. The Kier molecular flexibility index (Phi) is 4.67. The van der Waals surface area contributed by atoms with E-state index < -0.39 is 5.41 Å². The van der Waals surface area contributed by atoms with Gasteiger partial charge in [-0.25, -0.2) is 0 Å². The SMILES string of the molecule is C/C=C/[C@]1(C(=O)OC)[C@@H]2C[C@@H](C)c3c(OC)c(OC)c(C)c(OC)c3[C@@H]21.